The molecular weight excluding hydrogens is 273 g/mol. The third-order valence-corrected chi connectivity index (χ3v) is 4.59. The molecule has 0 aromatic heterocycles. The van der Waals surface area contributed by atoms with Crippen molar-refractivity contribution in [1.82, 2.24) is 4.90 Å². The fraction of sp³-hybridized carbons (Fsp3) is 0.500. The van der Waals surface area contributed by atoms with Crippen molar-refractivity contribution in [3.63, 3.8) is 0 Å². The molecule has 1 N–H and O–H groups in total. The van der Waals surface area contributed by atoms with E-state index >= 15 is 0 Å². The summed E-state index contributed by atoms with van der Waals surface area (Å²) in [6.07, 6.45) is 0.423. The van der Waals surface area contributed by atoms with Crippen molar-refractivity contribution in [1.29, 1.82) is 0 Å². The monoisotopic (exact) mass is 293 g/mol. The van der Waals surface area contributed by atoms with Gasteiger partial charge in [-0.15, -0.1) is 0 Å². The Bertz CT molecular complexity index is 509. The lowest BCUT2D eigenvalue weighted by atomic mass is 10.1. The van der Waals surface area contributed by atoms with E-state index in [0.29, 0.717) is 24.6 Å². The lowest BCUT2D eigenvalue weighted by Crippen LogP contribution is -2.39. The first-order valence-corrected chi connectivity index (χ1v) is 8.06. The van der Waals surface area contributed by atoms with Gasteiger partial charge in [0.25, 0.3) is 0 Å². The van der Waals surface area contributed by atoms with Gasteiger partial charge in [0, 0.05) is 48.2 Å². The number of hydrogen-bond donors (Lipinski definition) is 1. The average molecular weight is 293 g/mol. The molecule has 4 heteroatoms. The minimum atomic E-state index is -0.189. The Morgan fingerprint density at radius 2 is 2.35 bits per heavy atom. The largest absolute Gasteiger partial charge is 0.395 e. The summed E-state index contributed by atoms with van der Waals surface area (Å²) in [5.74, 6) is 7.72. The van der Waals surface area contributed by atoms with Gasteiger partial charge in [0.2, 0.25) is 0 Å². The fourth-order valence-corrected chi connectivity index (χ4v) is 3.27. The van der Waals surface area contributed by atoms with E-state index in [0.717, 1.165) is 23.6 Å². The number of aliphatic hydroxyl groups excluding tert-OH is 1. The molecular formula is C16H20FNOS. The van der Waals surface area contributed by atoms with Crippen LogP contribution in [0.5, 0.6) is 0 Å². The molecule has 2 nitrogen and oxygen atoms in total. The molecule has 1 fully saturated rings. The van der Waals surface area contributed by atoms with Gasteiger partial charge >= 0.3 is 0 Å². The number of benzene rings is 1. The Morgan fingerprint density at radius 3 is 3.05 bits per heavy atom. The molecule has 108 valence electrons. The Morgan fingerprint density at radius 1 is 1.50 bits per heavy atom. The van der Waals surface area contributed by atoms with Crippen LogP contribution in [0, 0.1) is 17.7 Å². The summed E-state index contributed by atoms with van der Waals surface area (Å²) >= 11 is 1.96. The van der Waals surface area contributed by atoms with E-state index < -0.39 is 0 Å². The predicted molar refractivity (Wildman–Crippen MR) is 82.2 cm³/mol. The summed E-state index contributed by atoms with van der Waals surface area (Å²) in [5, 5.41) is 8.67. The lowest BCUT2D eigenvalue weighted by Gasteiger charge is -2.33. The molecule has 1 saturated heterocycles. The molecule has 1 heterocycles. The summed E-state index contributed by atoms with van der Waals surface area (Å²) in [4.78, 5) is 2.33. The zero-order chi connectivity index (χ0) is 14.4. The van der Waals surface area contributed by atoms with Crippen molar-refractivity contribution in [2.45, 2.75) is 25.9 Å². The van der Waals surface area contributed by atoms with Gasteiger partial charge in [0.15, 0.2) is 0 Å². The van der Waals surface area contributed by atoms with Crippen LogP contribution in [0.25, 0.3) is 0 Å². The topological polar surface area (TPSA) is 23.5 Å². The van der Waals surface area contributed by atoms with E-state index in [4.69, 9.17) is 5.11 Å². The van der Waals surface area contributed by atoms with E-state index in [-0.39, 0.29) is 12.4 Å². The van der Waals surface area contributed by atoms with Gasteiger partial charge < -0.3 is 5.11 Å². The predicted octanol–water partition coefficient (Wildman–Crippen LogP) is 2.50. The number of hydrogen-bond acceptors (Lipinski definition) is 3. The van der Waals surface area contributed by atoms with Crippen LogP contribution < -0.4 is 0 Å². The van der Waals surface area contributed by atoms with Gasteiger partial charge in [0.05, 0.1) is 6.61 Å². The molecule has 1 aromatic rings. The normalized spacial score (nSPS) is 19.4. The van der Waals surface area contributed by atoms with Crippen molar-refractivity contribution in [3.05, 3.63) is 35.1 Å². The molecule has 0 spiro atoms. The first-order chi connectivity index (χ1) is 9.70. The second-order valence-electron chi connectivity index (χ2n) is 4.98. The van der Waals surface area contributed by atoms with Crippen LogP contribution in [0.3, 0.4) is 0 Å². The fourth-order valence-electron chi connectivity index (χ4n) is 2.19. The number of aliphatic hydroxyl groups is 1. The van der Waals surface area contributed by atoms with Crippen molar-refractivity contribution in [2.24, 2.45) is 0 Å². The standard InChI is InChI=1S/C16H20FNOS/c1-13-12-20-9-7-18(13)11-15-6-5-14(10-16(15)17)4-2-3-8-19/h5-6,10,13,19H,3,7-9,11-12H2,1H3. The Kier molecular flexibility index (Phi) is 5.90. The molecule has 1 aromatic carbocycles. The van der Waals surface area contributed by atoms with Crippen molar-refractivity contribution >= 4 is 11.8 Å². The second-order valence-corrected chi connectivity index (χ2v) is 6.13. The van der Waals surface area contributed by atoms with Crippen LogP contribution in [-0.2, 0) is 6.54 Å². The second kappa shape index (κ2) is 7.68. The summed E-state index contributed by atoms with van der Waals surface area (Å²) in [5.41, 5.74) is 1.40. The Balaban J connectivity index is 2.04. The summed E-state index contributed by atoms with van der Waals surface area (Å²) in [7, 11) is 0. The number of rotatable bonds is 3. The summed E-state index contributed by atoms with van der Waals surface area (Å²) in [6.45, 7) is 3.92. The SMILES string of the molecule is CC1CSCCN1Cc1ccc(C#CCCO)cc1F. The number of halogens is 1. The highest BCUT2D eigenvalue weighted by molar-refractivity contribution is 7.99. The quantitative estimate of drug-likeness (QED) is 0.866. The molecule has 1 unspecified atom stereocenters. The molecule has 1 aliphatic rings. The van der Waals surface area contributed by atoms with E-state index in [2.05, 4.69) is 23.7 Å². The van der Waals surface area contributed by atoms with Gasteiger partial charge in [-0.1, -0.05) is 17.9 Å². The van der Waals surface area contributed by atoms with E-state index in [1.807, 2.05) is 23.9 Å². The highest BCUT2D eigenvalue weighted by atomic mass is 32.2. The molecule has 0 radical (unpaired) electrons. The zero-order valence-electron chi connectivity index (χ0n) is 11.7. The van der Waals surface area contributed by atoms with Crippen LogP contribution in [0.15, 0.2) is 18.2 Å². The van der Waals surface area contributed by atoms with Crippen molar-refractivity contribution < 1.29 is 9.50 Å². The van der Waals surface area contributed by atoms with Crippen LogP contribution in [0.1, 0.15) is 24.5 Å². The summed E-state index contributed by atoms with van der Waals surface area (Å²) < 4.78 is 14.1. The van der Waals surface area contributed by atoms with Gasteiger partial charge in [0.1, 0.15) is 5.82 Å². The Hall–Kier alpha value is -1.02. The van der Waals surface area contributed by atoms with Gasteiger partial charge in [-0.2, -0.15) is 11.8 Å². The molecule has 0 saturated carbocycles. The third kappa shape index (κ3) is 4.24. The van der Waals surface area contributed by atoms with Crippen LogP contribution in [-0.4, -0.2) is 40.7 Å². The van der Waals surface area contributed by atoms with E-state index in [1.54, 1.807) is 0 Å². The maximum atomic E-state index is 14.1. The molecule has 2 rings (SSSR count). The molecule has 0 bridgehead atoms. The first-order valence-electron chi connectivity index (χ1n) is 6.90. The molecule has 1 aliphatic heterocycles. The molecule has 1 atom stereocenters. The average Bonchev–Trinajstić information content (AvgIpc) is 2.44. The Labute approximate surface area is 124 Å². The molecule has 0 amide bonds. The van der Waals surface area contributed by atoms with Crippen LogP contribution in [0.4, 0.5) is 4.39 Å². The van der Waals surface area contributed by atoms with Gasteiger partial charge in [-0.25, -0.2) is 4.39 Å². The molecule has 20 heavy (non-hydrogen) atoms. The van der Waals surface area contributed by atoms with E-state index in [9.17, 15) is 4.39 Å². The maximum Gasteiger partial charge on any atom is 0.128 e. The van der Waals surface area contributed by atoms with Crippen LogP contribution in [0.2, 0.25) is 0 Å². The highest BCUT2D eigenvalue weighted by Crippen LogP contribution is 2.20. The highest BCUT2D eigenvalue weighted by Gasteiger charge is 2.19. The lowest BCUT2D eigenvalue weighted by molar-refractivity contribution is 0.221. The maximum absolute atomic E-state index is 14.1. The zero-order valence-corrected chi connectivity index (χ0v) is 12.5. The minimum absolute atomic E-state index is 0.0401. The van der Waals surface area contributed by atoms with Gasteiger partial charge in [-0.05, 0) is 19.1 Å². The third-order valence-electron chi connectivity index (χ3n) is 3.40. The summed E-state index contributed by atoms with van der Waals surface area (Å²) in [6, 6.07) is 5.67. The minimum Gasteiger partial charge on any atom is -0.395 e. The molecule has 0 aliphatic carbocycles. The van der Waals surface area contributed by atoms with Crippen LogP contribution >= 0.6 is 11.8 Å². The number of nitrogens with zero attached hydrogens (tertiary/aromatic N) is 1. The van der Waals surface area contributed by atoms with Gasteiger partial charge in [-0.3, -0.25) is 4.90 Å². The van der Waals surface area contributed by atoms with E-state index in [1.165, 1.54) is 6.07 Å². The smallest absolute Gasteiger partial charge is 0.128 e. The first kappa shape index (κ1) is 15.4. The number of thioether (sulfide) groups is 1. The van der Waals surface area contributed by atoms with Crippen molar-refractivity contribution in [2.75, 3.05) is 24.7 Å². The van der Waals surface area contributed by atoms with Crippen molar-refractivity contribution in [3.8, 4) is 11.8 Å².